The molecule has 3 heteroatoms. The molecule has 1 aromatic rings. The molecule has 0 bridgehead atoms. The molecule has 0 aliphatic carbocycles. The molecule has 17 heavy (non-hydrogen) atoms. The Morgan fingerprint density at radius 3 is 2.41 bits per heavy atom. The minimum atomic E-state index is 0.743. The van der Waals surface area contributed by atoms with Crippen molar-refractivity contribution in [2.75, 3.05) is 20.8 Å². The van der Waals surface area contributed by atoms with Crippen molar-refractivity contribution in [3.8, 4) is 11.5 Å². The van der Waals surface area contributed by atoms with Gasteiger partial charge in [0.25, 0.3) is 0 Å². The van der Waals surface area contributed by atoms with E-state index in [9.17, 15) is 0 Å². The molecule has 0 spiro atoms. The van der Waals surface area contributed by atoms with Crippen molar-refractivity contribution < 1.29 is 9.47 Å². The van der Waals surface area contributed by atoms with E-state index in [1.807, 2.05) is 12.1 Å². The van der Waals surface area contributed by atoms with Gasteiger partial charge in [0.15, 0.2) is 11.5 Å². The van der Waals surface area contributed by atoms with Crippen LogP contribution in [0, 0.1) is 5.92 Å². The minimum absolute atomic E-state index is 0.743. The molecule has 0 fully saturated rings. The number of rotatable bonds is 7. The predicted octanol–water partition coefficient (Wildman–Crippen LogP) is 2.84. The molecule has 1 aromatic carbocycles. The second kappa shape index (κ2) is 7.17. The summed E-state index contributed by atoms with van der Waals surface area (Å²) in [6.07, 6.45) is 1.20. The molecule has 1 N–H and O–H groups in total. The van der Waals surface area contributed by atoms with E-state index < -0.39 is 0 Å². The highest BCUT2D eigenvalue weighted by Gasteiger charge is 2.04. The van der Waals surface area contributed by atoms with Gasteiger partial charge in [-0.05, 0) is 36.6 Å². The van der Waals surface area contributed by atoms with Gasteiger partial charge in [-0.2, -0.15) is 0 Å². The fourth-order valence-electron chi connectivity index (χ4n) is 1.61. The van der Waals surface area contributed by atoms with Crippen LogP contribution in [0.15, 0.2) is 18.2 Å². The van der Waals surface area contributed by atoms with Crippen LogP contribution in [0.25, 0.3) is 0 Å². The summed E-state index contributed by atoms with van der Waals surface area (Å²) in [6, 6.07) is 6.02. The lowest BCUT2D eigenvalue weighted by molar-refractivity contribution is 0.354. The fraction of sp³-hybridized carbons (Fsp3) is 0.571. The first kappa shape index (κ1) is 13.8. The van der Waals surface area contributed by atoms with E-state index >= 15 is 0 Å². The zero-order chi connectivity index (χ0) is 12.7. The first-order valence-electron chi connectivity index (χ1n) is 6.09. The second-order valence-corrected chi connectivity index (χ2v) is 4.55. The van der Waals surface area contributed by atoms with Gasteiger partial charge >= 0.3 is 0 Å². The van der Waals surface area contributed by atoms with Crippen LogP contribution in [0.4, 0.5) is 0 Å². The standard InChI is InChI=1S/C14H23NO2/c1-11(2)7-8-15-10-12-5-6-13(16-3)14(9-12)17-4/h5-6,9,11,15H,7-8,10H2,1-4H3. The fourth-order valence-corrected chi connectivity index (χ4v) is 1.61. The molecular weight excluding hydrogens is 214 g/mol. The molecule has 96 valence electrons. The van der Waals surface area contributed by atoms with Crippen LogP contribution >= 0.6 is 0 Å². The Balaban J connectivity index is 2.48. The Morgan fingerprint density at radius 1 is 1.12 bits per heavy atom. The van der Waals surface area contributed by atoms with Gasteiger partial charge in [-0.3, -0.25) is 0 Å². The molecule has 0 heterocycles. The van der Waals surface area contributed by atoms with Gasteiger partial charge in [0, 0.05) is 6.54 Å². The van der Waals surface area contributed by atoms with Crippen LogP contribution < -0.4 is 14.8 Å². The summed E-state index contributed by atoms with van der Waals surface area (Å²) >= 11 is 0. The number of hydrogen-bond acceptors (Lipinski definition) is 3. The molecule has 0 aromatic heterocycles. The lowest BCUT2D eigenvalue weighted by Gasteiger charge is -2.10. The van der Waals surface area contributed by atoms with Gasteiger partial charge in [0.05, 0.1) is 14.2 Å². The lowest BCUT2D eigenvalue weighted by Crippen LogP contribution is -2.16. The molecule has 0 atom stereocenters. The highest BCUT2D eigenvalue weighted by molar-refractivity contribution is 5.42. The van der Waals surface area contributed by atoms with Gasteiger partial charge in [-0.25, -0.2) is 0 Å². The second-order valence-electron chi connectivity index (χ2n) is 4.55. The zero-order valence-electron chi connectivity index (χ0n) is 11.2. The maximum atomic E-state index is 5.27. The van der Waals surface area contributed by atoms with Crippen LogP contribution in [0.1, 0.15) is 25.8 Å². The smallest absolute Gasteiger partial charge is 0.161 e. The highest BCUT2D eigenvalue weighted by Crippen LogP contribution is 2.27. The summed E-state index contributed by atoms with van der Waals surface area (Å²) in [7, 11) is 3.31. The number of nitrogens with one attached hydrogen (secondary N) is 1. The van der Waals surface area contributed by atoms with Crippen LogP contribution in [0.5, 0.6) is 11.5 Å². The minimum Gasteiger partial charge on any atom is -0.493 e. The molecule has 1 rings (SSSR count). The maximum Gasteiger partial charge on any atom is 0.161 e. The van der Waals surface area contributed by atoms with Gasteiger partial charge in [-0.15, -0.1) is 0 Å². The van der Waals surface area contributed by atoms with Crippen LogP contribution in [0.3, 0.4) is 0 Å². The summed E-state index contributed by atoms with van der Waals surface area (Å²) in [5, 5.41) is 3.43. The SMILES string of the molecule is COc1ccc(CNCCC(C)C)cc1OC. The van der Waals surface area contributed by atoms with Crippen molar-refractivity contribution in [3.63, 3.8) is 0 Å². The largest absolute Gasteiger partial charge is 0.493 e. The summed E-state index contributed by atoms with van der Waals surface area (Å²) in [4.78, 5) is 0. The Labute approximate surface area is 104 Å². The third kappa shape index (κ3) is 4.65. The first-order chi connectivity index (χ1) is 8.17. The quantitative estimate of drug-likeness (QED) is 0.740. The van der Waals surface area contributed by atoms with Crippen molar-refractivity contribution in [1.82, 2.24) is 5.32 Å². The number of benzene rings is 1. The molecule has 0 amide bonds. The maximum absolute atomic E-state index is 5.27. The number of ether oxygens (including phenoxy) is 2. The van der Waals surface area contributed by atoms with E-state index in [4.69, 9.17) is 9.47 Å². The topological polar surface area (TPSA) is 30.5 Å². The number of methoxy groups -OCH3 is 2. The van der Waals surface area contributed by atoms with Crippen molar-refractivity contribution in [2.24, 2.45) is 5.92 Å². The highest BCUT2D eigenvalue weighted by atomic mass is 16.5. The van der Waals surface area contributed by atoms with E-state index in [1.165, 1.54) is 12.0 Å². The Bertz CT molecular complexity index is 337. The molecule has 0 radical (unpaired) electrons. The summed E-state index contributed by atoms with van der Waals surface area (Å²) in [6.45, 7) is 6.38. The average molecular weight is 237 g/mol. The van der Waals surface area contributed by atoms with Gasteiger partial charge < -0.3 is 14.8 Å². The lowest BCUT2D eigenvalue weighted by atomic mass is 10.1. The molecule has 0 saturated heterocycles. The molecule has 0 unspecified atom stereocenters. The van der Waals surface area contributed by atoms with E-state index in [0.29, 0.717) is 0 Å². The van der Waals surface area contributed by atoms with Crippen molar-refractivity contribution in [2.45, 2.75) is 26.8 Å². The van der Waals surface area contributed by atoms with Crippen LogP contribution in [-0.4, -0.2) is 20.8 Å². The number of hydrogen-bond donors (Lipinski definition) is 1. The van der Waals surface area contributed by atoms with Gasteiger partial charge in [0.1, 0.15) is 0 Å². The molecule has 0 aliphatic rings. The van der Waals surface area contributed by atoms with Crippen molar-refractivity contribution >= 4 is 0 Å². The third-order valence-electron chi connectivity index (χ3n) is 2.68. The van der Waals surface area contributed by atoms with Crippen LogP contribution in [-0.2, 0) is 6.54 Å². The zero-order valence-corrected chi connectivity index (χ0v) is 11.2. The van der Waals surface area contributed by atoms with Gasteiger partial charge in [-0.1, -0.05) is 19.9 Å². The van der Waals surface area contributed by atoms with E-state index in [0.717, 1.165) is 30.5 Å². The summed E-state index contributed by atoms with van der Waals surface area (Å²) in [5.74, 6) is 2.31. The first-order valence-corrected chi connectivity index (χ1v) is 6.09. The third-order valence-corrected chi connectivity index (χ3v) is 2.68. The predicted molar refractivity (Wildman–Crippen MR) is 70.7 cm³/mol. The summed E-state index contributed by atoms with van der Waals surface area (Å²) < 4.78 is 10.5. The van der Waals surface area contributed by atoms with Crippen molar-refractivity contribution in [3.05, 3.63) is 23.8 Å². The van der Waals surface area contributed by atoms with Gasteiger partial charge in [0.2, 0.25) is 0 Å². The summed E-state index contributed by atoms with van der Waals surface area (Å²) in [5.41, 5.74) is 1.21. The normalized spacial score (nSPS) is 10.6. The molecular formula is C14H23NO2. The molecule has 0 aliphatic heterocycles. The Hall–Kier alpha value is -1.22. The van der Waals surface area contributed by atoms with Crippen LogP contribution in [0.2, 0.25) is 0 Å². The van der Waals surface area contributed by atoms with E-state index in [-0.39, 0.29) is 0 Å². The molecule has 0 saturated carbocycles. The monoisotopic (exact) mass is 237 g/mol. The Morgan fingerprint density at radius 2 is 1.82 bits per heavy atom. The average Bonchev–Trinajstić information content (AvgIpc) is 2.34. The molecule has 3 nitrogen and oxygen atoms in total. The van der Waals surface area contributed by atoms with E-state index in [1.54, 1.807) is 14.2 Å². The van der Waals surface area contributed by atoms with Crippen molar-refractivity contribution in [1.29, 1.82) is 0 Å². The van der Waals surface area contributed by atoms with E-state index in [2.05, 4.69) is 25.2 Å². The Kier molecular flexibility index (Phi) is 5.84.